The number of hydrogen-bond acceptors (Lipinski definition) is 1. The Balaban J connectivity index is 0.000000963. The third-order valence-corrected chi connectivity index (χ3v) is 6.68. The molecule has 2 aliphatic carbocycles. The van der Waals surface area contributed by atoms with E-state index in [4.69, 9.17) is 4.42 Å². The van der Waals surface area contributed by atoms with E-state index in [0.717, 1.165) is 31.4 Å². The standard InChI is InChI=1S/C28H23O.2ClH.Zr/c1-2-6-19(5-1)17-28-24(15-16-29-28)22-10-9-21-12-13-25-23-8-4-3-7-20(23)11-14-26(25)27(21)18-22;;;/h1,3-5,7-8,11-16,22H,2,9-10,17-18H2;2*1H;/q-1;;;. The van der Waals surface area contributed by atoms with Crippen molar-refractivity contribution in [3.05, 3.63) is 107 Å². The van der Waals surface area contributed by atoms with Gasteiger partial charge in [0, 0.05) is 26.2 Å². The summed E-state index contributed by atoms with van der Waals surface area (Å²) in [5.74, 6) is 1.65. The molecule has 0 spiro atoms. The summed E-state index contributed by atoms with van der Waals surface area (Å²) in [5, 5.41) is 5.48. The van der Waals surface area contributed by atoms with Gasteiger partial charge in [-0.1, -0.05) is 48.5 Å². The molecule has 0 N–H and O–H groups in total. The summed E-state index contributed by atoms with van der Waals surface area (Å²) in [4.78, 5) is 0. The number of rotatable bonds is 3. The van der Waals surface area contributed by atoms with Gasteiger partial charge < -0.3 is 4.42 Å². The summed E-state index contributed by atoms with van der Waals surface area (Å²) in [5.41, 5.74) is 5.70. The maximum absolute atomic E-state index is 5.92. The number of benzene rings is 3. The fraction of sp³-hybridized carbons (Fsp3) is 0.214. The number of fused-ring (bicyclic) bond motifs is 5. The molecule has 0 saturated carbocycles. The molecule has 6 rings (SSSR count). The van der Waals surface area contributed by atoms with Crippen LogP contribution in [0, 0.1) is 6.08 Å². The van der Waals surface area contributed by atoms with E-state index in [-0.39, 0.29) is 51.0 Å². The zero-order valence-corrected chi connectivity index (χ0v) is 21.9. The quantitative estimate of drug-likeness (QED) is 0.190. The minimum atomic E-state index is 0. The average Bonchev–Trinajstić information content (AvgIpc) is 3.45. The first kappa shape index (κ1) is 25.0. The Morgan fingerprint density at radius 1 is 0.906 bits per heavy atom. The third kappa shape index (κ3) is 4.43. The molecule has 162 valence electrons. The number of aryl methyl sites for hydroxylation is 1. The van der Waals surface area contributed by atoms with Crippen LogP contribution >= 0.6 is 24.8 Å². The van der Waals surface area contributed by atoms with Crippen LogP contribution in [0.2, 0.25) is 0 Å². The molecule has 1 atom stereocenters. The second-order valence-electron chi connectivity index (χ2n) is 8.31. The number of allylic oxidation sites excluding steroid dienone is 4. The van der Waals surface area contributed by atoms with Crippen LogP contribution in [0.4, 0.5) is 0 Å². The van der Waals surface area contributed by atoms with Gasteiger partial charge in [0.05, 0.1) is 6.26 Å². The van der Waals surface area contributed by atoms with E-state index in [9.17, 15) is 0 Å². The van der Waals surface area contributed by atoms with Crippen LogP contribution in [0.5, 0.6) is 0 Å². The zero-order valence-electron chi connectivity index (χ0n) is 17.8. The van der Waals surface area contributed by atoms with E-state index in [1.807, 2.05) is 6.26 Å². The first-order chi connectivity index (χ1) is 14.4. The Labute approximate surface area is 220 Å². The summed E-state index contributed by atoms with van der Waals surface area (Å²) in [7, 11) is 0. The summed E-state index contributed by atoms with van der Waals surface area (Å²) in [6.45, 7) is 0. The fourth-order valence-corrected chi connectivity index (χ4v) is 5.22. The van der Waals surface area contributed by atoms with Gasteiger partial charge in [-0.05, 0) is 75.9 Å². The van der Waals surface area contributed by atoms with Gasteiger partial charge in [0.15, 0.2) is 0 Å². The summed E-state index contributed by atoms with van der Waals surface area (Å²) in [6, 6.07) is 20.2. The Morgan fingerprint density at radius 2 is 1.75 bits per heavy atom. The van der Waals surface area contributed by atoms with E-state index in [2.05, 4.69) is 72.8 Å². The maximum atomic E-state index is 5.92. The number of hydrogen-bond donors (Lipinski definition) is 0. The average molecular weight is 540 g/mol. The summed E-state index contributed by atoms with van der Waals surface area (Å²) < 4.78 is 5.92. The molecule has 32 heavy (non-hydrogen) atoms. The van der Waals surface area contributed by atoms with Crippen LogP contribution in [-0.4, -0.2) is 0 Å². The molecule has 0 saturated heterocycles. The van der Waals surface area contributed by atoms with E-state index in [1.54, 1.807) is 0 Å². The van der Waals surface area contributed by atoms with Crippen molar-refractivity contribution in [2.24, 2.45) is 0 Å². The van der Waals surface area contributed by atoms with Crippen molar-refractivity contribution in [2.75, 3.05) is 0 Å². The van der Waals surface area contributed by atoms with Crippen molar-refractivity contribution >= 4 is 46.4 Å². The van der Waals surface area contributed by atoms with Crippen molar-refractivity contribution in [1.29, 1.82) is 0 Å². The molecule has 0 aliphatic heterocycles. The molecule has 1 unspecified atom stereocenters. The second kappa shape index (κ2) is 10.6. The molecule has 2 aliphatic rings. The van der Waals surface area contributed by atoms with Crippen LogP contribution in [0.3, 0.4) is 0 Å². The predicted molar refractivity (Wildman–Crippen MR) is 134 cm³/mol. The van der Waals surface area contributed by atoms with Gasteiger partial charge in [-0.25, -0.2) is 11.6 Å². The monoisotopic (exact) mass is 537 g/mol. The van der Waals surface area contributed by atoms with Crippen LogP contribution in [0.1, 0.15) is 41.2 Å². The van der Waals surface area contributed by atoms with Gasteiger partial charge in [-0.15, -0.1) is 31.2 Å². The van der Waals surface area contributed by atoms with E-state index in [0.29, 0.717) is 5.92 Å². The molecule has 4 aromatic rings. The smallest absolute Gasteiger partial charge is 0.108 e. The van der Waals surface area contributed by atoms with Gasteiger partial charge >= 0.3 is 0 Å². The van der Waals surface area contributed by atoms with Crippen molar-refractivity contribution in [3.8, 4) is 0 Å². The molecule has 0 fully saturated rings. The van der Waals surface area contributed by atoms with Gasteiger partial charge in [0.25, 0.3) is 0 Å². The van der Waals surface area contributed by atoms with Crippen LogP contribution in [0.25, 0.3) is 21.5 Å². The molecular weight excluding hydrogens is 514 g/mol. The molecule has 0 amide bonds. The summed E-state index contributed by atoms with van der Waals surface area (Å²) in [6.07, 6.45) is 14.9. The minimum absolute atomic E-state index is 0. The molecule has 1 aromatic heterocycles. The van der Waals surface area contributed by atoms with Crippen molar-refractivity contribution in [2.45, 2.75) is 38.0 Å². The van der Waals surface area contributed by atoms with E-state index < -0.39 is 0 Å². The predicted octanol–water partition coefficient (Wildman–Crippen LogP) is 7.93. The van der Waals surface area contributed by atoms with Gasteiger partial charge in [0.1, 0.15) is 5.76 Å². The first-order valence-electron chi connectivity index (χ1n) is 10.6. The van der Waals surface area contributed by atoms with Crippen molar-refractivity contribution in [1.82, 2.24) is 0 Å². The Bertz CT molecular complexity index is 1300. The maximum Gasteiger partial charge on any atom is 0.108 e. The Hall–Kier alpha value is -1.60. The fourth-order valence-electron chi connectivity index (χ4n) is 5.22. The topological polar surface area (TPSA) is 13.1 Å². The molecule has 4 heteroatoms. The second-order valence-corrected chi connectivity index (χ2v) is 8.31. The summed E-state index contributed by atoms with van der Waals surface area (Å²) >= 11 is 0. The van der Waals surface area contributed by atoms with Gasteiger partial charge in [-0.2, -0.15) is 6.08 Å². The molecule has 3 aromatic carbocycles. The minimum Gasteiger partial charge on any atom is -0.469 e. The largest absolute Gasteiger partial charge is 0.469 e. The molecule has 1 nitrogen and oxygen atoms in total. The zero-order chi connectivity index (χ0) is 19.2. The van der Waals surface area contributed by atoms with E-state index >= 15 is 0 Å². The Morgan fingerprint density at radius 3 is 2.59 bits per heavy atom. The molecule has 0 radical (unpaired) electrons. The first-order valence-corrected chi connectivity index (χ1v) is 10.6. The number of halogens is 2. The SMILES string of the molecule is Cl.Cl.[C-]1=C(Cc2occc2C2CCc3ccc4c(ccc5ccccc54)c3C2)C=CC1.[Zr]. The molecular formula is C28H25Cl2OZr-. The van der Waals surface area contributed by atoms with Crippen LogP contribution in [-0.2, 0) is 45.5 Å². The van der Waals surface area contributed by atoms with Crippen molar-refractivity contribution in [3.63, 3.8) is 0 Å². The molecule has 0 bridgehead atoms. The van der Waals surface area contributed by atoms with Gasteiger partial charge in [-0.3, -0.25) is 6.08 Å². The molecule has 1 heterocycles. The van der Waals surface area contributed by atoms with E-state index in [1.165, 1.54) is 50.2 Å². The number of furan rings is 1. The Kier molecular flexibility index (Phi) is 8.26. The normalized spacial score (nSPS) is 16.6. The van der Waals surface area contributed by atoms with Crippen LogP contribution in [0.15, 0.2) is 83.0 Å². The third-order valence-electron chi connectivity index (χ3n) is 6.68. The van der Waals surface area contributed by atoms with Crippen molar-refractivity contribution < 1.29 is 30.6 Å². The van der Waals surface area contributed by atoms with Gasteiger partial charge in [0.2, 0.25) is 0 Å². The van der Waals surface area contributed by atoms with Crippen LogP contribution < -0.4 is 0 Å².